The lowest BCUT2D eigenvalue weighted by atomic mass is 9.98. The zero-order valence-electron chi connectivity index (χ0n) is 20.1. The molecule has 0 aliphatic heterocycles. The van der Waals surface area contributed by atoms with E-state index in [2.05, 4.69) is 17.4 Å². The fourth-order valence-corrected chi connectivity index (χ4v) is 6.33. The Morgan fingerprint density at radius 2 is 1.53 bits per heavy atom. The number of hydrogen-bond acceptors (Lipinski definition) is 8. The minimum atomic E-state index is -1.08. The Morgan fingerprint density at radius 1 is 0.972 bits per heavy atom. The Morgan fingerprint density at radius 3 is 2.08 bits per heavy atom. The molecule has 3 N–H and O–H groups in total. The molecule has 0 spiro atoms. The number of hydrogen-bond donors (Lipinski definition) is 3. The van der Waals surface area contributed by atoms with Crippen molar-refractivity contribution in [1.29, 1.82) is 0 Å². The van der Waals surface area contributed by atoms with E-state index in [-0.39, 0.29) is 23.0 Å². The van der Waals surface area contributed by atoms with Crippen LogP contribution in [0.15, 0.2) is 60.7 Å². The first-order valence-electron chi connectivity index (χ1n) is 11.4. The number of nitrogens with zero attached hydrogens (tertiary/aromatic N) is 1. The summed E-state index contributed by atoms with van der Waals surface area (Å²) in [6.45, 7) is 6.21. The Hall–Kier alpha value is -3.24. The zero-order chi connectivity index (χ0) is 25.9. The van der Waals surface area contributed by atoms with Gasteiger partial charge in [-0.25, -0.2) is 9.59 Å². The van der Waals surface area contributed by atoms with Gasteiger partial charge in [-0.15, -0.1) is 4.73 Å². The highest BCUT2D eigenvalue weighted by atomic mass is 33.1. The van der Waals surface area contributed by atoms with Crippen LogP contribution in [0.5, 0.6) is 11.8 Å². The molecule has 3 aromatic rings. The van der Waals surface area contributed by atoms with Gasteiger partial charge in [0, 0.05) is 28.6 Å². The van der Waals surface area contributed by atoms with Crippen LogP contribution in [0, 0.1) is 0 Å². The van der Waals surface area contributed by atoms with Gasteiger partial charge in [-0.3, -0.25) is 0 Å². The molecule has 1 aliphatic carbocycles. The third-order valence-corrected chi connectivity index (χ3v) is 8.79. The van der Waals surface area contributed by atoms with Gasteiger partial charge in [0.25, 0.3) is 0 Å². The quantitative estimate of drug-likeness (QED) is 0.353. The van der Waals surface area contributed by atoms with E-state index in [0.29, 0.717) is 4.73 Å². The Kier molecular flexibility index (Phi) is 7.75. The first kappa shape index (κ1) is 25.8. The maximum Gasteiger partial charge on any atom is 0.407 e. The molecule has 0 bridgehead atoms. The third kappa shape index (κ3) is 5.93. The van der Waals surface area contributed by atoms with E-state index in [1.54, 1.807) is 10.8 Å². The van der Waals surface area contributed by atoms with Gasteiger partial charge < -0.3 is 25.1 Å². The molecule has 0 saturated heterocycles. The molecule has 1 amide bonds. The second-order valence-electron chi connectivity index (χ2n) is 9.26. The lowest BCUT2D eigenvalue weighted by molar-refractivity contribution is -0.147. The number of fused-ring (bicyclic) bond motifs is 3. The summed E-state index contributed by atoms with van der Waals surface area (Å²) in [5.41, 5.74) is 4.40. The average molecular weight is 529 g/mol. The summed E-state index contributed by atoms with van der Waals surface area (Å²) < 4.78 is 6.09. The Labute approximate surface area is 217 Å². The van der Waals surface area contributed by atoms with E-state index in [9.17, 15) is 19.8 Å². The van der Waals surface area contributed by atoms with Crippen LogP contribution in [0.25, 0.3) is 11.1 Å². The lowest BCUT2D eigenvalue weighted by Gasteiger charge is -2.21. The summed E-state index contributed by atoms with van der Waals surface area (Å²) in [6, 6.07) is 17.3. The number of amides is 1. The second kappa shape index (κ2) is 10.8. The monoisotopic (exact) mass is 528 g/mol. The van der Waals surface area contributed by atoms with E-state index < -0.39 is 29.9 Å². The molecule has 10 heteroatoms. The smallest absolute Gasteiger partial charge is 0.407 e. The first-order valence-corrected chi connectivity index (χ1v) is 13.7. The highest BCUT2D eigenvalue weighted by Gasteiger charge is 2.31. The molecule has 0 radical (unpaired) electrons. The number of alkyl carbamates (subject to hydrolysis) is 1. The number of aromatic hydroxyl groups is 2. The van der Waals surface area contributed by atoms with Crippen molar-refractivity contribution in [3.05, 3.63) is 71.8 Å². The van der Waals surface area contributed by atoms with Gasteiger partial charge in [-0.1, -0.05) is 90.9 Å². The van der Waals surface area contributed by atoms with Gasteiger partial charge in [0.15, 0.2) is 0 Å². The molecule has 1 unspecified atom stereocenters. The zero-order valence-corrected chi connectivity index (χ0v) is 21.8. The van der Waals surface area contributed by atoms with Crippen LogP contribution in [-0.2, 0) is 9.53 Å². The molecule has 1 atom stereocenters. The number of carbonyl (C=O) groups is 2. The summed E-state index contributed by atoms with van der Waals surface area (Å²) in [7, 11) is 2.95. The average Bonchev–Trinajstić information content (AvgIpc) is 3.33. The third-order valence-electron chi connectivity index (χ3n) is 5.44. The van der Waals surface area contributed by atoms with Crippen molar-refractivity contribution in [3.63, 3.8) is 0 Å². The molecule has 1 heterocycles. The molecular weight excluding hydrogens is 500 g/mol. The topological polar surface area (TPSA) is 110 Å². The van der Waals surface area contributed by atoms with E-state index >= 15 is 0 Å². The second-order valence-corrected chi connectivity index (χ2v) is 12.4. The number of nitrogens with one attached hydrogen (secondary N) is 1. The van der Waals surface area contributed by atoms with Gasteiger partial charge in [-0.2, -0.15) is 0 Å². The van der Waals surface area contributed by atoms with E-state index in [4.69, 9.17) is 9.57 Å². The maximum atomic E-state index is 12.8. The molecular formula is C26H28N2O6S2. The minimum absolute atomic E-state index is 0.0696. The number of aromatic nitrogens is 1. The molecule has 190 valence electrons. The van der Waals surface area contributed by atoms with E-state index in [1.807, 2.05) is 57.2 Å². The van der Waals surface area contributed by atoms with Crippen molar-refractivity contribution >= 4 is 33.7 Å². The Bertz CT molecular complexity index is 1190. The van der Waals surface area contributed by atoms with Crippen molar-refractivity contribution < 1.29 is 29.4 Å². The maximum absolute atomic E-state index is 12.8. The van der Waals surface area contributed by atoms with Gasteiger partial charge in [0.2, 0.25) is 11.8 Å². The predicted octanol–water partition coefficient (Wildman–Crippen LogP) is 4.94. The van der Waals surface area contributed by atoms with E-state index in [0.717, 1.165) is 22.3 Å². The molecule has 0 fully saturated rings. The number of ether oxygens (including phenoxy) is 1. The lowest BCUT2D eigenvalue weighted by Crippen LogP contribution is -2.46. The molecule has 2 aromatic carbocycles. The van der Waals surface area contributed by atoms with Crippen molar-refractivity contribution in [1.82, 2.24) is 10.0 Å². The summed E-state index contributed by atoms with van der Waals surface area (Å²) in [6.07, 6.45) is -0.763. The van der Waals surface area contributed by atoms with Crippen LogP contribution < -0.4 is 10.2 Å². The molecule has 8 nitrogen and oxygen atoms in total. The van der Waals surface area contributed by atoms with Crippen molar-refractivity contribution in [2.75, 3.05) is 12.4 Å². The minimum Gasteiger partial charge on any atom is -0.492 e. The van der Waals surface area contributed by atoms with Crippen molar-refractivity contribution in [2.24, 2.45) is 0 Å². The van der Waals surface area contributed by atoms with Crippen LogP contribution in [-0.4, -0.2) is 50.2 Å². The molecule has 4 rings (SSSR count). The summed E-state index contributed by atoms with van der Waals surface area (Å²) in [4.78, 5) is 30.7. The summed E-state index contributed by atoms with van der Waals surface area (Å²) in [5.74, 6) is -1.68. The van der Waals surface area contributed by atoms with Crippen LogP contribution in [0.4, 0.5) is 4.79 Å². The fraction of sp³-hybridized carbons (Fsp3) is 0.308. The summed E-state index contributed by atoms with van der Waals surface area (Å²) in [5, 5.41) is 22.2. The van der Waals surface area contributed by atoms with Crippen LogP contribution in [0.2, 0.25) is 0 Å². The highest BCUT2D eigenvalue weighted by molar-refractivity contribution is 8.77. The predicted molar refractivity (Wildman–Crippen MR) is 141 cm³/mol. The Balaban J connectivity index is 1.43. The molecule has 1 aromatic heterocycles. The van der Waals surface area contributed by atoms with Crippen LogP contribution in [0.3, 0.4) is 0 Å². The number of benzene rings is 2. The number of rotatable bonds is 8. The fourth-order valence-electron chi connectivity index (χ4n) is 3.88. The van der Waals surface area contributed by atoms with Gasteiger partial charge in [0.1, 0.15) is 12.6 Å². The van der Waals surface area contributed by atoms with Gasteiger partial charge in [0.05, 0.1) is 0 Å². The van der Waals surface area contributed by atoms with Gasteiger partial charge >= 0.3 is 12.1 Å². The molecule has 36 heavy (non-hydrogen) atoms. The van der Waals surface area contributed by atoms with Crippen molar-refractivity contribution in [3.8, 4) is 22.9 Å². The highest BCUT2D eigenvalue weighted by Crippen LogP contribution is 2.44. The van der Waals surface area contributed by atoms with Crippen molar-refractivity contribution in [2.45, 2.75) is 37.5 Å². The first-order chi connectivity index (χ1) is 17.1. The largest absolute Gasteiger partial charge is 0.492 e. The SMILES string of the molecule is CC(C)(C)SSCC(NC(=O)OCC1c2ccccc2-c2ccccc21)C(=O)On1c(O)ccc1O. The van der Waals surface area contributed by atoms with Crippen LogP contribution in [0.1, 0.15) is 37.8 Å². The molecule has 1 aliphatic rings. The van der Waals surface area contributed by atoms with Gasteiger partial charge in [-0.05, 0) is 22.3 Å². The number of carbonyl (C=O) groups excluding carboxylic acids is 2. The van der Waals surface area contributed by atoms with E-state index in [1.165, 1.54) is 22.9 Å². The standard InChI is InChI=1S/C26H28N2O6S2/c1-26(2,3)36-35-15-21(24(31)34-28-22(29)12-13-23(28)30)27-25(32)33-14-20-18-10-6-4-8-16(18)17-9-5-7-11-19(17)20/h4-13,20-21,29-30H,14-15H2,1-3H3,(H,27,32). The van der Waals surface area contributed by atoms with Crippen LogP contribution >= 0.6 is 21.6 Å². The normalized spacial score (nSPS) is 13.5. The summed E-state index contributed by atoms with van der Waals surface area (Å²) >= 11 is 0. The molecule has 0 saturated carbocycles.